The van der Waals surface area contributed by atoms with Crippen LogP contribution in [0.4, 0.5) is 0 Å². The summed E-state index contributed by atoms with van der Waals surface area (Å²) < 4.78 is 0. The van der Waals surface area contributed by atoms with Crippen LogP contribution in [0.15, 0.2) is 11.3 Å². The molecule has 36 valence electrons. The van der Waals surface area contributed by atoms with Gasteiger partial charge >= 0.3 is 0 Å². The van der Waals surface area contributed by atoms with Crippen molar-refractivity contribution in [3.63, 3.8) is 0 Å². The van der Waals surface area contributed by atoms with E-state index in [1.54, 1.807) is 0 Å². The van der Waals surface area contributed by atoms with Gasteiger partial charge in [-0.25, -0.2) is 4.79 Å². The fourth-order valence-electron chi connectivity index (χ4n) is 0.165. The van der Waals surface area contributed by atoms with Gasteiger partial charge < -0.3 is 0 Å². The lowest BCUT2D eigenvalue weighted by atomic mass is 10.3. The van der Waals surface area contributed by atoms with Gasteiger partial charge in [-0.3, -0.25) is 0 Å². The lowest BCUT2D eigenvalue weighted by Gasteiger charge is -1.67. The second kappa shape index (κ2) is 3.54. The van der Waals surface area contributed by atoms with Crippen molar-refractivity contribution in [1.82, 2.24) is 0 Å². The predicted octanol–water partition coefficient (Wildman–Crippen LogP) is 0.166. The van der Waals surface area contributed by atoms with E-state index in [1.165, 1.54) is 5.94 Å². The van der Waals surface area contributed by atoms with Gasteiger partial charge in [0.25, 0.3) is 0 Å². The van der Waals surface area contributed by atoms with Gasteiger partial charge in [0.05, 0.1) is 0 Å². The van der Waals surface area contributed by atoms with E-state index in [9.17, 15) is 4.79 Å². The van der Waals surface area contributed by atoms with Crippen LogP contribution >= 0.6 is 0 Å². The fourth-order valence-corrected chi connectivity index (χ4v) is 0.165. The van der Waals surface area contributed by atoms with Gasteiger partial charge in [-0.15, -0.1) is 12.8 Å². The maximum Gasteiger partial charge on any atom is 0.179 e. The first-order valence-corrected chi connectivity index (χ1v) is 1.78. The Morgan fingerprint density at radius 3 is 1.88 bits per heavy atom. The van der Waals surface area contributed by atoms with Gasteiger partial charge in [-0.1, -0.05) is 11.8 Å². The lowest BCUT2D eigenvalue weighted by molar-refractivity contribution is 0.569. The normalized spacial score (nSPS) is 4.75. The topological polar surface area (TPSA) is 17.1 Å². The molecule has 0 bridgehead atoms. The number of rotatable bonds is 0. The van der Waals surface area contributed by atoms with Crippen molar-refractivity contribution >= 4 is 5.94 Å². The van der Waals surface area contributed by atoms with Crippen molar-refractivity contribution in [2.24, 2.45) is 0 Å². The summed E-state index contributed by atoms with van der Waals surface area (Å²) in [5.41, 5.74) is 2.12. The van der Waals surface area contributed by atoms with Crippen molar-refractivity contribution in [3.8, 4) is 24.7 Å². The highest BCUT2D eigenvalue weighted by Gasteiger charge is 1.74. The number of hydrogen-bond donors (Lipinski definition) is 0. The zero-order valence-corrected chi connectivity index (χ0v) is 4.06. The van der Waals surface area contributed by atoms with E-state index >= 15 is 0 Å². The zero-order valence-electron chi connectivity index (χ0n) is 4.06. The van der Waals surface area contributed by atoms with Crippen LogP contribution in [0.2, 0.25) is 0 Å². The van der Waals surface area contributed by atoms with Crippen molar-refractivity contribution in [2.75, 3.05) is 0 Å². The molecule has 0 heterocycles. The molecule has 0 amide bonds. The van der Waals surface area contributed by atoms with E-state index in [1.807, 2.05) is 5.73 Å². The Balaban J connectivity index is 4.76. The summed E-state index contributed by atoms with van der Waals surface area (Å²) in [4.78, 5) is 9.48. The highest BCUT2D eigenvalue weighted by molar-refractivity contribution is 5.53. The predicted molar refractivity (Wildman–Crippen MR) is 30.4 cm³/mol. The highest BCUT2D eigenvalue weighted by Crippen LogP contribution is 1.78. The van der Waals surface area contributed by atoms with Crippen LogP contribution < -0.4 is 0 Å². The summed E-state index contributed by atoms with van der Waals surface area (Å²) in [7, 11) is 0. The number of allylic oxidation sites excluding steroid dienone is 1. The summed E-state index contributed by atoms with van der Waals surface area (Å²) in [6, 6.07) is 0. The molecular weight excluding hydrogens is 100 g/mol. The Hall–Kier alpha value is -1.65. The third-order valence-corrected chi connectivity index (χ3v) is 0.465. The van der Waals surface area contributed by atoms with Gasteiger partial charge in [-0.2, -0.15) is 0 Å². The highest BCUT2D eigenvalue weighted by atomic mass is 16.1. The second-order valence-electron chi connectivity index (χ2n) is 0.891. The van der Waals surface area contributed by atoms with Crippen LogP contribution in [0, 0.1) is 24.7 Å². The molecule has 8 heavy (non-hydrogen) atoms. The van der Waals surface area contributed by atoms with E-state index in [0.29, 0.717) is 0 Å². The van der Waals surface area contributed by atoms with E-state index < -0.39 is 0 Å². The quantitative estimate of drug-likeness (QED) is 0.242. The molecule has 0 atom stereocenters. The molecule has 0 aromatic rings. The van der Waals surface area contributed by atoms with Crippen LogP contribution in [-0.2, 0) is 4.79 Å². The van der Waals surface area contributed by atoms with Crippen LogP contribution in [0.5, 0.6) is 0 Å². The SMILES string of the molecule is C#CC(=C=C=O)C#C. The van der Waals surface area contributed by atoms with Gasteiger partial charge in [0.2, 0.25) is 0 Å². The van der Waals surface area contributed by atoms with Gasteiger partial charge in [0.1, 0.15) is 5.57 Å². The summed E-state index contributed by atoms with van der Waals surface area (Å²) in [6.07, 6.45) is 9.60. The molecule has 0 aliphatic rings. The first-order valence-electron chi connectivity index (χ1n) is 1.78. The monoisotopic (exact) mass is 102 g/mol. The third kappa shape index (κ3) is 1.71. The molecule has 0 aromatic carbocycles. The minimum atomic E-state index is 0.0972. The molecule has 0 aromatic heterocycles. The van der Waals surface area contributed by atoms with Crippen molar-refractivity contribution in [3.05, 3.63) is 11.3 Å². The first-order chi connectivity index (χ1) is 3.85. The van der Waals surface area contributed by atoms with Gasteiger partial charge in [-0.05, 0) is 0 Å². The third-order valence-electron chi connectivity index (χ3n) is 0.465. The average molecular weight is 102 g/mol. The Bertz CT molecular complexity index is 219. The molecule has 0 unspecified atom stereocenters. The Morgan fingerprint density at radius 1 is 1.25 bits per heavy atom. The second-order valence-corrected chi connectivity index (χ2v) is 0.891. The molecule has 0 aliphatic carbocycles. The number of hydrogen-bond acceptors (Lipinski definition) is 1. The summed E-state index contributed by atoms with van der Waals surface area (Å²) in [5.74, 6) is 5.47. The summed E-state index contributed by atoms with van der Waals surface area (Å²) in [5, 5.41) is 0. The van der Waals surface area contributed by atoms with Crippen molar-refractivity contribution in [1.29, 1.82) is 0 Å². The first kappa shape index (κ1) is 6.35. The Kier molecular flexibility index (Phi) is 2.81. The van der Waals surface area contributed by atoms with Gasteiger partial charge in [0.15, 0.2) is 5.94 Å². The molecule has 0 rings (SSSR count). The van der Waals surface area contributed by atoms with E-state index in [0.717, 1.165) is 0 Å². The summed E-state index contributed by atoms with van der Waals surface area (Å²) >= 11 is 0. The lowest BCUT2D eigenvalue weighted by Crippen LogP contribution is -1.63. The molecule has 0 saturated heterocycles. The molecule has 1 heteroatoms. The van der Waals surface area contributed by atoms with Crippen LogP contribution in [-0.4, -0.2) is 5.94 Å². The molecule has 0 fully saturated rings. The molecule has 0 radical (unpaired) electrons. The van der Waals surface area contributed by atoms with E-state index in [2.05, 4.69) is 11.8 Å². The number of terminal acetylenes is 2. The zero-order chi connectivity index (χ0) is 6.41. The maximum absolute atomic E-state index is 9.48. The van der Waals surface area contributed by atoms with Crippen molar-refractivity contribution < 1.29 is 4.79 Å². The Morgan fingerprint density at radius 2 is 1.75 bits per heavy atom. The van der Waals surface area contributed by atoms with Crippen LogP contribution in [0.3, 0.4) is 0 Å². The standard InChI is InChI=1S/C7H2O/c1-3-7(4-2)5-6-8/h1-2H. The van der Waals surface area contributed by atoms with Crippen LogP contribution in [0.25, 0.3) is 0 Å². The fraction of sp³-hybridized carbons (Fsp3) is 0. The van der Waals surface area contributed by atoms with E-state index in [4.69, 9.17) is 12.8 Å². The van der Waals surface area contributed by atoms with Crippen molar-refractivity contribution in [2.45, 2.75) is 0 Å². The Labute approximate surface area is 47.7 Å². The molecule has 0 N–H and O–H groups in total. The summed E-state index contributed by atoms with van der Waals surface area (Å²) in [6.45, 7) is 0. The molecular formula is C7H2O. The van der Waals surface area contributed by atoms with Gasteiger partial charge in [0, 0.05) is 5.73 Å². The molecule has 0 spiro atoms. The average Bonchev–Trinajstić information content (AvgIpc) is 1.83. The minimum Gasteiger partial charge on any atom is -0.224 e. The molecule has 0 saturated carbocycles. The maximum atomic E-state index is 9.48. The van der Waals surface area contributed by atoms with Crippen LogP contribution in [0.1, 0.15) is 0 Å². The molecule has 0 aliphatic heterocycles. The number of carbonyl (C=O) groups excluding carboxylic acids is 1. The largest absolute Gasteiger partial charge is 0.224 e. The van der Waals surface area contributed by atoms with E-state index in [-0.39, 0.29) is 5.57 Å². The smallest absolute Gasteiger partial charge is 0.179 e. The minimum absolute atomic E-state index is 0.0972. The molecule has 1 nitrogen and oxygen atoms in total.